The Labute approximate surface area is 478 Å². The number of rotatable bonds is 21. The summed E-state index contributed by atoms with van der Waals surface area (Å²) in [6, 6.07) is 55.6. The number of nitrogens with one attached hydrogen (secondary N) is 3. The van der Waals surface area contributed by atoms with E-state index in [4.69, 9.17) is 18.9 Å². The average molecular weight is 1100 g/mol. The van der Waals surface area contributed by atoms with Crippen LogP contribution in [0, 0.1) is 5.41 Å². The van der Waals surface area contributed by atoms with Crippen molar-refractivity contribution in [1.29, 1.82) is 0 Å². The minimum Gasteiger partial charge on any atom is -0.455 e. The molecule has 0 radical (unpaired) electrons. The van der Waals surface area contributed by atoms with Gasteiger partial charge in [0.05, 0.1) is 11.7 Å². The van der Waals surface area contributed by atoms with Crippen molar-refractivity contribution in [3.8, 4) is 22.3 Å². The largest absolute Gasteiger partial charge is 0.455 e. The summed E-state index contributed by atoms with van der Waals surface area (Å²) in [7, 11) is 0. The summed E-state index contributed by atoms with van der Waals surface area (Å²) in [5.41, 5.74) is 5.37. The molecule has 420 valence electrons. The van der Waals surface area contributed by atoms with Gasteiger partial charge >= 0.3 is 24.1 Å². The molecule has 9 rings (SSSR count). The summed E-state index contributed by atoms with van der Waals surface area (Å²) in [4.78, 5) is 87.5. The van der Waals surface area contributed by atoms with Crippen LogP contribution in [0.15, 0.2) is 194 Å². The lowest BCUT2D eigenvalue weighted by Gasteiger charge is -2.41. The quantitative estimate of drug-likeness (QED) is 0.0204. The molecule has 2 fully saturated rings. The Bertz CT molecular complexity index is 3370. The first kappa shape index (κ1) is 57.3. The summed E-state index contributed by atoms with van der Waals surface area (Å²) in [5.74, 6) is -1.96. The number of hydrogen-bond donors (Lipinski definition) is 3. The van der Waals surface area contributed by atoms with Gasteiger partial charge in [-0.1, -0.05) is 177 Å². The Balaban J connectivity index is 0.808. The van der Waals surface area contributed by atoms with Crippen LogP contribution in [0.2, 0.25) is 0 Å². The summed E-state index contributed by atoms with van der Waals surface area (Å²) < 4.78 is 23.8. The Hall–Kier alpha value is -9.37. The fourth-order valence-corrected chi connectivity index (χ4v) is 10.5. The molecule has 4 amide bonds. The minimum atomic E-state index is -1.16. The number of fused-ring (bicyclic) bond motifs is 1. The number of ether oxygens (including phenoxy) is 4. The van der Waals surface area contributed by atoms with Crippen molar-refractivity contribution in [1.82, 2.24) is 25.8 Å². The highest BCUT2D eigenvalue weighted by Gasteiger charge is 2.63. The predicted molar refractivity (Wildman–Crippen MR) is 311 cm³/mol. The monoisotopic (exact) mass is 1100 g/mol. The second kappa shape index (κ2) is 25.4. The van der Waals surface area contributed by atoms with Crippen molar-refractivity contribution >= 4 is 42.0 Å². The van der Waals surface area contributed by atoms with Gasteiger partial charge in [-0.05, 0) is 103 Å². The Kier molecular flexibility index (Phi) is 17.7. The molecule has 2 saturated heterocycles. The van der Waals surface area contributed by atoms with Crippen LogP contribution >= 0.6 is 0 Å². The lowest BCUT2D eigenvalue weighted by atomic mass is 9.81. The van der Waals surface area contributed by atoms with Gasteiger partial charge in [-0.2, -0.15) is 0 Å². The standard InChI is InChI=1S/C67H67N5O10/c1-65(2,52-32-28-47(29-33-52)45-19-10-6-11-20-45)81-57(73)27-18-37-70-63(77)79-44-67(5)43-56-55(61(75)72(56)59(67)62(76)80-58(49-23-14-8-15-24-49)50-25-16-9-17-26-50)42-54-41-51(36-38-68-54)60(74)69-39-40-71-64(78)82-66(3,4)53-34-30-48(31-35-53)46-21-12-7-13-22-46/h6-17,19-26,28-36,38,41-42,56,58-59H,18,27,37,39-40,43-44H2,1-5H3,(H,69,74)(H,70,77)(H,71,78)/b55-42+/t56?,59-,67-/m0/s1. The van der Waals surface area contributed by atoms with Gasteiger partial charge in [0.25, 0.3) is 11.8 Å². The molecule has 0 aliphatic carbocycles. The molecule has 7 aromatic rings. The number of alkyl carbamates (subject to hydrolysis) is 2. The number of amides is 4. The molecule has 3 N–H and O–H groups in total. The zero-order valence-electron chi connectivity index (χ0n) is 46.6. The number of benzene rings is 6. The molecule has 6 aromatic carbocycles. The predicted octanol–water partition coefficient (Wildman–Crippen LogP) is 11.5. The van der Waals surface area contributed by atoms with Crippen molar-refractivity contribution in [3.05, 3.63) is 227 Å². The van der Waals surface area contributed by atoms with E-state index in [-0.39, 0.29) is 51.1 Å². The maximum absolute atomic E-state index is 14.7. The van der Waals surface area contributed by atoms with E-state index in [1.807, 2.05) is 184 Å². The normalized spacial score (nSPS) is 17.0. The SMILES string of the molecule is CC(C)(OC(=O)CCCNC(=O)OC[C@]1(C)CC2/C(=C\c3cc(C(=O)NCCNC(=O)OC(C)(C)c4ccc(-c5ccccc5)cc4)ccn3)C(=O)N2[C@H]1C(=O)OC(c1ccccc1)c1ccccc1)c1ccc(-c2ccccc2)cc1. The van der Waals surface area contributed by atoms with E-state index in [1.54, 1.807) is 32.9 Å². The van der Waals surface area contributed by atoms with Gasteiger partial charge in [0.2, 0.25) is 0 Å². The van der Waals surface area contributed by atoms with E-state index in [1.165, 1.54) is 17.2 Å². The molecule has 2 aliphatic heterocycles. The fraction of sp³-hybridized carbons (Fsp3) is 0.269. The molecule has 3 heterocycles. The van der Waals surface area contributed by atoms with Crippen LogP contribution < -0.4 is 16.0 Å². The van der Waals surface area contributed by atoms with E-state index < -0.39 is 70.7 Å². The van der Waals surface area contributed by atoms with Crippen LogP contribution in [0.4, 0.5) is 9.59 Å². The third-order valence-corrected chi connectivity index (χ3v) is 14.9. The second-order valence-electron chi connectivity index (χ2n) is 21.8. The number of carbonyl (C=O) groups is 6. The summed E-state index contributed by atoms with van der Waals surface area (Å²) in [5, 5.41) is 8.22. The van der Waals surface area contributed by atoms with Crippen LogP contribution in [-0.2, 0) is 44.5 Å². The highest BCUT2D eigenvalue weighted by molar-refractivity contribution is 6.08. The molecule has 0 spiro atoms. The lowest BCUT2D eigenvalue weighted by molar-refractivity contribution is -0.163. The van der Waals surface area contributed by atoms with Crippen LogP contribution in [0.3, 0.4) is 0 Å². The number of β-lactam (4-membered cyclic amide) rings is 1. The molecule has 1 aromatic heterocycles. The lowest BCUT2D eigenvalue weighted by Crippen LogP contribution is -2.58. The third-order valence-electron chi connectivity index (χ3n) is 14.9. The van der Waals surface area contributed by atoms with Gasteiger partial charge in [0.1, 0.15) is 23.9 Å². The first-order chi connectivity index (χ1) is 39.5. The smallest absolute Gasteiger partial charge is 0.408 e. The zero-order chi connectivity index (χ0) is 57.9. The van der Waals surface area contributed by atoms with Gasteiger partial charge in [0, 0.05) is 48.8 Å². The first-order valence-corrected chi connectivity index (χ1v) is 27.5. The number of pyridine rings is 1. The number of aromatic nitrogens is 1. The average Bonchev–Trinajstić information content (AvgIpc) is 3.75. The Morgan fingerprint density at radius 1 is 0.634 bits per heavy atom. The maximum atomic E-state index is 14.7. The summed E-state index contributed by atoms with van der Waals surface area (Å²) in [6.07, 6.45) is 1.39. The molecule has 15 heteroatoms. The third kappa shape index (κ3) is 13.8. The van der Waals surface area contributed by atoms with E-state index in [0.717, 1.165) is 44.5 Å². The Morgan fingerprint density at radius 2 is 1.13 bits per heavy atom. The molecule has 82 heavy (non-hydrogen) atoms. The molecule has 0 bridgehead atoms. The highest BCUT2D eigenvalue weighted by Crippen LogP contribution is 2.51. The van der Waals surface area contributed by atoms with E-state index in [2.05, 4.69) is 20.9 Å². The molecule has 2 aliphatic rings. The summed E-state index contributed by atoms with van der Waals surface area (Å²) in [6.45, 7) is 9.10. The molecule has 15 nitrogen and oxygen atoms in total. The van der Waals surface area contributed by atoms with Crippen LogP contribution in [0.25, 0.3) is 28.3 Å². The zero-order valence-corrected chi connectivity index (χ0v) is 46.6. The van der Waals surface area contributed by atoms with Gasteiger partial charge in [-0.15, -0.1) is 0 Å². The fourth-order valence-electron chi connectivity index (χ4n) is 10.5. The molecule has 1 unspecified atom stereocenters. The van der Waals surface area contributed by atoms with Crippen molar-refractivity contribution < 1.29 is 47.7 Å². The van der Waals surface area contributed by atoms with Crippen LogP contribution in [0.1, 0.15) is 98.3 Å². The number of esters is 2. The van der Waals surface area contributed by atoms with E-state index in [9.17, 15) is 28.8 Å². The first-order valence-electron chi connectivity index (χ1n) is 27.5. The topological polar surface area (TPSA) is 192 Å². The number of nitrogens with zero attached hydrogens (tertiary/aromatic N) is 2. The van der Waals surface area contributed by atoms with Crippen LogP contribution in [0.5, 0.6) is 0 Å². The van der Waals surface area contributed by atoms with E-state index >= 15 is 0 Å². The minimum absolute atomic E-state index is 0.0409. The van der Waals surface area contributed by atoms with Gasteiger partial charge in [-0.25, -0.2) is 14.4 Å². The molecule has 3 atom stereocenters. The number of carbonyl (C=O) groups excluding carboxylic acids is 6. The van der Waals surface area contributed by atoms with Gasteiger partial charge in [0.15, 0.2) is 6.10 Å². The van der Waals surface area contributed by atoms with Crippen molar-refractivity contribution in [2.45, 2.75) is 83.3 Å². The van der Waals surface area contributed by atoms with Crippen molar-refractivity contribution in [2.24, 2.45) is 5.41 Å². The van der Waals surface area contributed by atoms with Crippen molar-refractivity contribution in [3.63, 3.8) is 0 Å². The molecular formula is C67H67N5O10. The second-order valence-corrected chi connectivity index (χ2v) is 21.8. The number of hydrogen-bond acceptors (Lipinski definition) is 11. The highest BCUT2D eigenvalue weighted by atomic mass is 16.6. The van der Waals surface area contributed by atoms with Crippen molar-refractivity contribution in [2.75, 3.05) is 26.2 Å². The van der Waals surface area contributed by atoms with Gasteiger partial charge < -0.3 is 39.8 Å². The van der Waals surface area contributed by atoms with E-state index in [0.29, 0.717) is 11.3 Å². The Morgan fingerprint density at radius 3 is 1.70 bits per heavy atom. The summed E-state index contributed by atoms with van der Waals surface area (Å²) >= 11 is 0. The van der Waals surface area contributed by atoms with Crippen LogP contribution in [-0.4, -0.2) is 84.1 Å². The maximum Gasteiger partial charge on any atom is 0.408 e. The molecular weight excluding hydrogens is 1030 g/mol. The molecule has 0 saturated carbocycles. The van der Waals surface area contributed by atoms with Gasteiger partial charge in [-0.3, -0.25) is 19.4 Å².